The number of imidazole rings is 1. The van der Waals surface area contributed by atoms with Crippen LogP contribution in [0.15, 0.2) is 12.5 Å². The number of hydrogen-bond donors (Lipinski definition) is 3. The number of nitrogens with one attached hydrogen (secondary N) is 1. The Labute approximate surface area is 75.7 Å². The smallest absolute Gasteiger partial charge is 0.323 e. The maximum absolute atomic E-state index is 9.44. The summed E-state index contributed by atoms with van der Waals surface area (Å²) in [5, 5.41) is 0. The third-order valence-electron chi connectivity index (χ3n) is 0.810. The van der Waals surface area contributed by atoms with Crippen LogP contribution >= 0.6 is 16.5 Å². The van der Waals surface area contributed by atoms with Gasteiger partial charge in [-0.25, -0.2) is 9.29 Å². The SMILES string of the molecule is Cc1c[nH]cn1.O=[PH](O)O[PH](=O)O. The highest BCUT2D eigenvalue weighted by Gasteiger charge is 1.93. The zero-order chi connectivity index (χ0) is 10.3. The van der Waals surface area contributed by atoms with E-state index < -0.39 is 16.5 Å². The van der Waals surface area contributed by atoms with Crippen molar-refractivity contribution in [2.75, 3.05) is 0 Å². The molecular weight excluding hydrogens is 218 g/mol. The van der Waals surface area contributed by atoms with Crippen LogP contribution in [0.3, 0.4) is 0 Å². The molecule has 0 aromatic carbocycles. The highest BCUT2D eigenvalue weighted by atomic mass is 31.2. The van der Waals surface area contributed by atoms with Crippen LogP contribution < -0.4 is 0 Å². The fraction of sp³-hybridized carbons (Fsp3) is 0.250. The van der Waals surface area contributed by atoms with Gasteiger partial charge in [0.25, 0.3) is 0 Å². The standard InChI is InChI=1S/C4H6N2.H4O5P2/c1-4-2-5-3-6-4;1-6(2)5-7(3)4/h2-3H,1H3,(H,5,6);6-7H,(H,1,2)(H,3,4). The Balaban J connectivity index is 0.000000223. The van der Waals surface area contributed by atoms with Crippen LogP contribution in [-0.2, 0) is 13.4 Å². The maximum atomic E-state index is 9.44. The van der Waals surface area contributed by atoms with Crippen LogP contribution in [0, 0.1) is 6.92 Å². The number of hydrogen-bond acceptors (Lipinski definition) is 4. The van der Waals surface area contributed by atoms with E-state index >= 15 is 0 Å². The van der Waals surface area contributed by atoms with Gasteiger partial charge >= 0.3 is 16.5 Å². The van der Waals surface area contributed by atoms with Crippen molar-refractivity contribution in [3.63, 3.8) is 0 Å². The Morgan fingerprint density at radius 3 is 2.08 bits per heavy atom. The molecule has 0 saturated carbocycles. The van der Waals surface area contributed by atoms with E-state index in [9.17, 15) is 9.13 Å². The lowest BCUT2D eigenvalue weighted by Gasteiger charge is -1.86. The van der Waals surface area contributed by atoms with Crippen molar-refractivity contribution in [1.82, 2.24) is 9.97 Å². The van der Waals surface area contributed by atoms with Gasteiger partial charge in [-0.15, -0.1) is 0 Å². The summed E-state index contributed by atoms with van der Waals surface area (Å²) < 4.78 is 22.3. The number of aromatic nitrogens is 2. The number of aryl methyl sites for hydroxylation is 1. The van der Waals surface area contributed by atoms with Gasteiger partial charge in [-0.3, -0.25) is 9.13 Å². The molecule has 0 aliphatic rings. The van der Waals surface area contributed by atoms with Crippen molar-refractivity contribution in [2.45, 2.75) is 6.92 Å². The lowest BCUT2D eigenvalue weighted by atomic mass is 10.6. The van der Waals surface area contributed by atoms with Crippen LogP contribution in [0.2, 0.25) is 0 Å². The minimum Gasteiger partial charge on any atom is -0.351 e. The van der Waals surface area contributed by atoms with E-state index in [1.165, 1.54) is 0 Å². The van der Waals surface area contributed by atoms with Crippen molar-refractivity contribution in [1.29, 1.82) is 0 Å². The number of nitrogens with zero attached hydrogens (tertiary/aromatic N) is 1. The second kappa shape index (κ2) is 7.00. The van der Waals surface area contributed by atoms with Crippen molar-refractivity contribution in [3.05, 3.63) is 18.2 Å². The Hall–Kier alpha value is -0.450. The third kappa shape index (κ3) is 9.46. The topological polar surface area (TPSA) is 113 Å². The van der Waals surface area contributed by atoms with E-state index in [0.29, 0.717) is 0 Å². The van der Waals surface area contributed by atoms with Crippen molar-refractivity contribution in [2.24, 2.45) is 0 Å². The third-order valence-corrected chi connectivity index (χ3v) is 2.21. The first-order valence-corrected chi connectivity index (χ1v) is 5.64. The van der Waals surface area contributed by atoms with Gasteiger partial charge in [-0.05, 0) is 6.92 Å². The van der Waals surface area contributed by atoms with E-state index in [2.05, 4.69) is 14.3 Å². The summed E-state index contributed by atoms with van der Waals surface area (Å²) in [4.78, 5) is 22.1. The van der Waals surface area contributed by atoms with Gasteiger partial charge in [0.1, 0.15) is 0 Å². The molecule has 2 unspecified atom stereocenters. The van der Waals surface area contributed by atoms with Crippen LogP contribution in [0.5, 0.6) is 0 Å². The van der Waals surface area contributed by atoms with Gasteiger partial charge in [0.2, 0.25) is 0 Å². The van der Waals surface area contributed by atoms with Gasteiger partial charge in [-0.2, -0.15) is 0 Å². The Bertz CT molecular complexity index is 262. The molecule has 0 fully saturated rings. The molecule has 1 rings (SSSR count). The zero-order valence-electron chi connectivity index (χ0n) is 6.72. The van der Waals surface area contributed by atoms with Gasteiger partial charge in [-0.1, -0.05) is 0 Å². The van der Waals surface area contributed by atoms with E-state index in [1.54, 1.807) is 6.33 Å². The molecular formula is C4H10N2O5P2. The lowest BCUT2D eigenvalue weighted by molar-refractivity contribution is 0.371. The Kier molecular flexibility index (Phi) is 6.76. The summed E-state index contributed by atoms with van der Waals surface area (Å²) in [6.07, 6.45) is 3.51. The molecule has 76 valence electrons. The van der Waals surface area contributed by atoms with E-state index in [1.807, 2.05) is 13.1 Å². The first-order chi connectivity index (χ1) is 6.02. The monoisotopic (exact) mass is 228 g/mol. The molecule has 0 aliphatic heterocycles. The molecule has 0 bridgehead atoms. The van der Waals surface area contributed by atoms with Crippen LogP contribution in [0.25, 0.3) is 0 Å². The minimum atomic E-state index is -3.20. The molecule has 3 N–H and O–H groups in total. The number of aromatic amines is 1. The van der Waals surface area contributed by atoms with Crippen LogP contribution in [0.1, 0.15) is 5.69 Å². The largest absolute Gasteiger partial charge is 0.351 e. The van der Waals surface area contributed by atoms with Crippen LogP contribution in [0.4, 0.5) is 0 Å². The minimum absolute atomic E-state index is 1.04. The molecule has 1 aromatic heterocycles. The average molecular weight is 228 g/mol. The summed E-state index contributed by atoms with van der Waals surface area (Å²) in [6, 6.07) is 0. The highest BCUT2D eigenvalue weighted by molar-refractivity contribution is 7.46. The van der Waals surface area contributed by atoms with Gasteiger partial charge in [0.05, 0.1) is 12.0 Å². The van der Waals surface area contributed by atoms with E-state index in [-0.39, 0.29) is 0 Å². The summed E-state index contributed by atoms with van der Waals surface area (Å²) >= 11 is 0. The number of rotatable bonds is 2. The fourth-order valence-corrected chi connectivity index (χ4v) is 1.01. The summed E-state index contributed by atoms with van der Waals surface area (Å²) in [6.45, 7) is 1.94. The predicted molar refractivity (Wildman–Crippen MR) is 46.9 cm³/mol. The second-order valence-corrected chi connectivity index (χ2v) is 3.72. The first kappa shape index (κ1) is 12.6. The molecule has 2 atom stereocenters. The van der Waals surface area contributed by atoms with Gasteiger partial charge in [0, 0.05) is 6.20 Å². The van der Waals surface area contributed by atoms with Gasteiger partial charge < -0.3 is 14.8 Å². The summed E-state index contributed by atoms with van der Waals surface area (Å²) in [5.41, 5.74) is 1.04. The fourth-order valence-electron chi connectivity index (χ4n) is 0.409. The van der Waals surface area contributed by atoms with Crippen molar-refractivity contribution >= 4 is 16.5 Å². The Morgan fingerprint density at radius 2 is 2.00 bits per heavy atom. The second-order valence-electron chi connectivity index (χ2n) is 1.84. The molecule has 13 heavy (non-hydrogen) atoms. The van der Waals surface area contributed by atoms with Crippen molar-refractivity contribution < 1.29 is 23.2 Å². The van der Waals surface area contributed by atoms with Gasteiger partial charge in [0.15, 0.2) is 0 Å². The number of H-pyrrole nitrogens is 1. The molecule has 0 radical (unpaired) electrons. The summed E-state index contributed by atoms with van der Waals surface area (Å²) in [5.74, 6) is 0. The predicted octanol–water partition coefficient (Wildman–Crippen LogP) is 0.485. The maximum Gasteiger partial charge on any atom is 0.323 e. The molecule has 1 aromatic rings. The normalized spacial score (nSPS) is 14.1. The molecule has 0 spiro atoms. The van der Waals surface area contributed by atoms with Crippen molar-refractivity contribution in [3.8, 4) is 0 Å². The quantitative estimate of drug-likeness (QED) is 0.634. The molecule has 0 saturated heterocycles. The van der Waals surface area contributed by atoms with Crippen LogP contribution in [-0.4, -0.2) is 19.8 Å². The zero-order valence-corrected chi connectivity index (χ0v) is 8.72. The molecule has 7 nitrogen and oxygen atoms in total. The average Bonchev–Trinajstić information content (AvgIpc) is 2.37. The molecule has 0 amide bonds. The lowest BCUT2D eigenvalue weighted by Crippen LogP contribution is -1.59. The molecule has 1 heterocycles. The summed E-state index contributed by atoms with van der Waals surface area (Å²) in [7, 11) is -6.40. The highest BCUT2D eigenvalue weighted by Crippen LogP contribution is 2.30. The molecule has 0 aliphatic carbocycles. The first-order valence-electron chi connectivity index (χ1n) is 3.11. The van der Waals surface area contributed by atoms with E-state index in [4.69, 9.17) is 9.79 Å². The molecule has 9 heteroatoms. The Morgan fingerprint density at radius 1 is 1.46 bits per heavy atom. The van der Waals surface area contributed by atoms with E-state index in [0.717, 1.165) is 5.69 Å².